The second-order valence-electron chi connectivity index (χ2n) is 0. The molecular formula is H4AgO2V. The van der Waals surface area contributed by atoms with Gasteiger partial charge in [0.15, 0.2) is 0 Å². The third kappa shape index (κ3) is 10.6. The minimum atomic E-state index is 0. The van der Waals surface area contributed by atoms with Crippen molar-refractivity contribution in [3.05, 3.63) is 0 Å². The van der Waals surface area contributed by atoms with Gasteiger partial charge in [0.05, 0.1) is 0 Å². The topological polar surface area (TPSA) is 63.0 Å². The fourth-order valence-electron chi connectivity index (χ4n) is 0. The summed E-state index contributed by atoms with van der Waals surface area (Å²) in [5, 5.41) is 0. The maximum atomic E-state index is 0. The Bertz CT molecular complexity index is 6.00. The van der Waals surface area contributed by atoms with Crippen LogP contribution in [0.25, 0.3) is 0 Å². The largest absolute Gasteiger partial charge is 0.412 e. The molecule has 0 aromatic carbocycles. The Labute approximate surface area is 52.0 Å². The van der Waals surface area contributed by atoms with Gasteiger partial charge < -0.3 is 11.0 Å². The predicted molar refractivity (Wildman–Crippen MR) is 7.23 cm³/mol. The summed E-state index contributed by atoms with van der Waals surface area (Å²) in [6, 6.07) is 0. The van der Waals surface area contributed by atoms with Crippen LogP contribution >= 0.6 is 0 Å². The first kappa shape index (κ1) is 61.0. The van der Waals surface area contributed by atoms with Crippen molar-refractivity contribution in [3.63, 3.8) is 0 Å². The van der Waals surface area contributed by atoms with Crippen LogP contribution in [0.3, 0.4) is 0 Å². The summed E-state index contributed by atoms with van der Waals surface area (Å²) in [5.74, 6) is 0. The van der Waals surface area contributed by atoms with Gasteiger partial charge in [-0.1, -0.05) is 0 Å². The predicted octanol–water partition coefficient (Wildman–Crippen LogP) is -1.65. The molecule has 2 radical (unpaired) electrons. The average molecular weight is 195 g/mol. The molecule has 4 N–H and O–H groups in total. The molecule has 0 aromatic heterocycles. The van der Waals surface area contributed by atoms with Gasteiger partial charge in [-0.05, 0) is 0 Å². The van der Waals surface area contributed by atoms with Crippen molar-refractivity contribution in [1.29, 1.82) is 0 Å². The van der Waals surface area contributed by atoms with E-state index in [1.165, 1.54) is 0 Å². The minimum absolute atomic E-state index is 0. The van der Waals surface area contributed by atoms with Crippen molar-refractivity contribution in [2.75, 3.05) is 0 Å². The summed E-state index contributed by atoms with van der Waals surface area (Å²) >= 11 is 0. The van der Waals surface area contributed by atoms with E-state index in [0.29, 0.717) is 0 Å². The number of hydrogen-bond acceptors (Lipinski definition) is 0. The fourth-order valence-corrected chi connectivity index (χ4v) is 0. The van der Waals surface area contributed by atoms with E-state index in [1.54, 1.807) is 0 Å². The summed E-state index contributed by atoms with van der Waals surface area (Å²) < 4.78 is 0. The van der Waals surface area contributed by atoms with E-state index in [-0.39, 0.29) is 51.9 Å². The zero-order valence-electron chi connectivity index (χ0n) is 1.75. The van der Waals surface area contributed by atoms with Crippen molar-refractivity contribution in [2.24, 2.45) is 0 Å². The molecule has 0 saturated carbocycles. The van der Waals surface area contributed by atoms with Crippen molar-refractivity contribution in [1.82, 2.24) is 0 Å². The molecule has 0 bridgehead atoms. The molecule has 0 fully saturated rings. The Balaban J connectivity index is 0. The smallest absolute Gasteiger partial charge is 0 e. The van der Waals surface area contributed by atoms with Gasteiger partial charge in [-0.3, -0.25) is 0 Å². The Morgan fingerprint density at radius 3 is 0.750 bits per heavy atom. The van der Waals surface area contributed by atoms with Crippen LogP contribution in [0, 0.1) is 0 Å². The quantitative estimate of drug-likeness (QED) is 0.415. The third-order valence-electron chi connectivity index (χ3n) is 0. The summed E-state index contributed by atoms with van der Waals surface area (Å²) in [6.45, 7) is 0. The molecule has 0 amide bonds. The summed E-state index contributed by atoms with van der Waals surface area (Å²) in [7, 11) is 0. The first-order chi connectivity index (χ1) is 0. The molecule has 2 nitrogen and oxygen atoms in total. The van der Waals surface area contributed by atoms with Gasteiger partial charge in [0.2, 0.25) is 0 Å². The van der Waals surface area contributed by atoms with Crippen LogP contribution in [-0.2, 0) is 40.9 Å². The van der Waals surface area contributed by atoms with Crippen LogP contribution in [0.15, 0.2) is 0 Å². The van der Waals surface area contributed by atoms with Crippen molar-refractivity contribution in [2.45, 2.75) is 0 Å². The van der Waals surface area contributed by atoms with Crippen molar-refractivity contribution in [3.8, 4) is 0 Å². The number of hydrogen-bond donors (Lipinski definition) is 0. The fraction of sp³-hybridized carbons (Fsp3) is 0. The third-order valence-corrected chi connectivity index (χ3v) is 0. The van der Waals surface area contributed by atoms with Crippen molar-refractivity contribution >= 4 is 0 Å². The summed E-state index contributed by atoms with van der Waals surface area (Å²) in [6.07, 6.45) is 0. The Kier molecular flexibility index (Phi) is 440. The first-order valence-corrected chi connectivity index (χ1v) is 0. The van der Waals surface area contributed by atoms with E-state index in [4.69, 9.17) is 0 Å². The molecule has 0 heterocycles. The molecule has 0 saturated heterocycles. The standard InChI is InChI=1S/Ag.2H2O.V/h;2*1H2;. The zero-order chi connectivity index (χ0) is 0. The average Bonchev–Trinajstić information content (AvgIpc) is 0. The van der Waals surface area contributed by atoms with Crippen LogP contribution in [0.4, 0.5) is 0 Å². The van der Waals surface area contributed by atoms with Gasteiger partial charge >= 0.3 is 0 Å². The summed E-state index contributed by atoms with van der Waals surface area (Å²) in [4.78, 5) is 0. The molecule has 0 aliphatic carbocycles. The molecule has 0 spiro atoms. The van der Waals surface area contributed by atoms with E-state index in [0.717, 1.165) is 0 Å². The number of rotatable bonds is 0. The van der Waals surface area contributed by atoms with Crippen LogP contribution in [0.5, 0.6) is 0 Å². The SMILES string of the molecule is O.O.[Ag].[V]. The first-order valence-electron chi connectivity index (χ1n) is 0. The van der Waals surface area contributed by atoms with E-state index < -0.39 is 0 Å². The van der Waals surface area contributed by atoms with Gasteiger partial charge in [-0.25, -0.2) is 0 Å². The second kappa shape index (κ2) is 28.8. The molecular weight excluding hydrogens is 191 g/mol. The van der Waals surface area contributed by atoms with Gasteiger partial charge in [-0.15, -0.1) is 0 Å². The molecule has 0 aliphatic heterocycles. The Hall–Kier alpha value is 1.24. The zero-order valence-corrected chi connectivity index (χ0v) is 4.63. The summed E-state index contributed by atoms with van der Waals surface area (Å²) in [5.41, 5.74) is 0. The molecule has 32 valence electrons. The van der Waals surface area contributed by atoms with Crippen LogP contribution in [0.2, 0.25) is 0 Å². The van der Waals surface area contributed by atoms with E-state index in [1.807, 2.05) is 0 Å². The second-order valence-corrected chi connectivity index (χ2v) is 0. The molecule has 0 rings (SSSR count). The van der Waals surface area contributed by atoms with E-state index >= 15 is 0 Å². The monoisotopic (exact) mass is 194 g/mol. The molecule has 0 aromatic rings. The molecule has 0 aliphatic rings. The Morgan fingerprint density at radius 1 is 0.750 bits per heavy atom. The molecule has 4 heteroatoms. The molecule has 4 heavy (non-hydrogen) atoms. The maximum absolute atomic E-state index is 0. The minimum Gasteiger partial charge on any atom is -0.412 e. The Morgan fingerprint density at radius 2 is 0.750 bits per heavy atom. The van der Waals surface area contributed by atoms with Crippen LogP contribution in [-0.4, -0.2) is 11.0 Å². The normalized spacial score (nSPS) is 0. The van der Waals surface area contributed by atoms with Crippen molar-refractivity contribution < 1.29 is 51.9 Å². The van der Waals surface area contributed by atoms with E-state index in [9.17, 15) is 0 Å². The van der Waals surface area contributed by atoms with Gasteiger partial charge in [-0.2, -0.15) is 0 Å². The maximum Gasteiger partial charge on any atom is 0 e. The van der Waals surface area contributed by atoms with E-state index in [2.05, 4.69) is 0 Å². The van der Waals surface area contributed by atoms with Crippen LogP contribution in [0.1, 0.15) is 0 Å². The molecule has 0 unspecified atom stereocenters. The molecule has 0 atom stereocenters. The van der Waals surface area contributed by atoms with Gasteiger partial charge in [0.25, 0.3) is 0 Å². The van der Waals surface area contributed by atoms with Gasteiger partial charge in [0, 0.05) is 40.9 Å². The van der Waals surface area contributed by atoms with Crippen LogP contribution < -0.4 is 0 Å². The van der Waals surface area contributed by atoms with Gasteiger partial charge in [0.1, 0.15) is 0 Å².